The van der Waals surface area contributed by atoms with Crippen molar-refractivity contribution in [1.29, 1.82) is 0 Å². The van der Waals surface area contributed by atoms with Crippen molar-refractivity contribution in [3.05, 3.63) is 89.7 Å². The maximum atomic E-state index is 14.0. The lowest BCUT2D eigenvalue weighted by molar-refractivity contribution is -0.274. The number of amides is 1. The summed E-state index contributed by atoms with van der Waals surface area (Å²) in [5.41, 5.74) is 1.34. The third-order valence-corrected chi connectivity index (χ3v) is 9.07. The number of benzene rings is 2. The molecule has 1 amide bonds. The number of rotatable bonds is 11. The van der Waals surface area contributed by atoms with E-state index < -0.39 is 40.0 Å². The van der Waals surface area contributed by atoms with Crippen molar-refractivity contribution < 1.29 is 39.9 Å². The highest BCUT2D eigenvalue weighted by Crippen LogP contribution is 2.32. The molecule has 0 unspecified atom stereocenters. The molecular weight excluding hydrogens is 595 g/mol. The van der Waals surface area contributed by atoms with Crippen LogP contribution in [0.5, 0.6) is 5.75 Å². The van der Waals surface area contributed by atoms with Crippen molar-refractivity contribution >= 4 is 15.9 Å². The van der Waals surface area contributed by atoms with Crippen LogP contribution in [0.2, 0.25) is 0 Å². The number of pyridine rings is 1. The van der Waals surface area contributed by atoms with Gasteiger partial charge in [-0.25, -0.2) is 17.2 Å². The van der Waals surface area contributed by atoms with Gasteiger partial charge in [-0.05, 0) is 60.4 Å². The highest BCUT2D eigenvalue weighted by molar-refractivity contribution is 7.89. The second-order valence-corrected chi connectivity index (χ2v) is 12.0. The number of sulfonamides is 1. The molecule has 43 heavy (non-hydrogen) atoms. The van der Waals surface area contributed by atoms with Crippen molar-refractivity contribution in [2.75, 3.05) is 6.54 Å². The molecule has 1 saturated heterocycles. The van der Waals surface area contributed by atoms with E-state index in [-0.39, 0.29) is 42.4 Å². The van der Waals surface area contributed by atoms with Crippen LogP contribution in [0.4, 0.5) is 22.0 Å². The van der Waals surface area contributed by atoms with Gasteiger partial charge in [0.1, 0.15) is 11.8 Å². The minimum atomic E-state index is -4.94. The van der Waals surface area contributed by atoms with Crippen LogP contribution in [0, 0.1) is 0 Å². The topological polar surface area (TPSA) is 101 Å². The Morgan fingerprint density at radius 2 is 1.58 bits per heavy atom. The number of halogens is 5. The predicted octanol–water partition coefficient (Wildman–Crippen LogP) is 5.11. The van der Waals surface area contributed by atoms with Gasteiger partial charge in [0.05, 0.1) is 4.90 Å². The van der Waals surface area contributed by atoms with Gasteiger partial charge in [0.25, 0.3) is 5.92 Å². The molecule has 0 radical (unpaired) electrons. The van der Waals surface area contributed by atoms with Crippen LogP contribution in [0.3, 0.4) is 0 Å². The van der Waals surface area contributed by atoms with E-state index in [1.807, 2.05) is 12.1 Å². The van der Waals surface area contributed by atoms with E-state index >= 15 is 0 Å². The summed E-state index contributed by atoms with van der Waals surface area (Å²) in [5, 5.41) is 6.05. The van der Waals surface area contributed by atoms with Crippen molar-refractivity contribution in [1.82, 2.24) is 19.9 Å². The summed E-state index contributed by atoms with van der Waals surface area (Å²) in [4.78, 5) is 17.1. The fraction of sp³-hybridized carbons (Fsp3) is 0.379. The molecule has 1 aromatic heterocycles. The van der Waals surface area contributed by atoms with Gasteiger partial charge in [-0.2, -0.15) is 4.31 Å². The second kappa shape index (κ2) is 13.3. The van der Waals surface area contributed by atoms with Crippen molar-refractivity contribution in [3.8, 4) is 5.75 Å². The maximum absolute atomic E-state index is 14.0. The summed E-state index contributed by atoms with van der Waals surface area (Å²) in [6.07, 6.45) is -1.52. The first-order chi connectivity index (χ1) is 20.3. The molecule has 14 heteroatoms. The van der Waals surface area contributed by atoms with Gasteiger partial charge in [0.15, 0.2) is 0 Å². The number of nitrogens with one attached hydrogen (secondary N) is 2. The highest BCUT2D eigenvalue weighted by atomic mass is 32.2. The van der Waals surface area contributed by atoms with Crippen LogP contribution in [0.15, 0.2) is 78.0 Å². The third kappa shape index (κ3) is 8.48. The first kappa shape index (κ1) is 32.3. The highest BCUT2D eigenvalue weighted by Gasteiger charge is 2.41. The molecule has 232 valence electrons. The zero-order valence-corrected chi connectivity index (χ0v) is 24.0. The van der Waals surface area contributed by atoms with Crippen LogP contribution in [0.1, 0.15) is 42.9 Å². The Kier molecular flexibility index (Phi) is 10.0. The number of hydrogen-bond acceptors (Lipinski definition) is 6. The summed E-state index contributed by atoms with van der Waals surface area (Å²) in [7, 11) is -4.30. The Morgan fingerprint density at radius 1 is 0.953 bits per heavy atom. The molecule has 2 heterocycles. The fourth-order valence-corrected chi connectivity index (χ4v) is 6.36. The molecule has 0 aliphatic carbocycles. The SMILES string of the molecule is CCC(F)(F)c1ccc(CNC(=O)[C@H]2C[C@H](NCc3ccncc3)CCN2S(=O)(=O)c2ccc(OC(F)(F)F)cc2)cc1. The molecule has 0 bridgehead atoms. The van der Waals surface area contributed by atoms with E-state index in [1.165, 1.54) is 31.2 Å². The van der Waals surface area contributed by atoms with Crippen molar-refractivity contribution in [2.24, 2.45) is 0 Å². The van der Waals surface area contributed by atoms with Gasteiger partial charge in [-0.3, -0.25) is 9.78 Å². The molecule has 1 aliphatic rings. The standard InChI is InChI=1S/C29H31F5N4O4S/c1-2-28(30,31)22-5-3-20(4-6-22)19-37-27(39)26-17-23(36-18-21-11-14-35-15-12-21)13-16-38(26)43(40,41)25-9-7-24(8-10-25)42-29(32,33)34/h3-12,14-15,23,26,36H,2,13,16-19H2,1H3,(H,37,39)/t23-,26-/m1/s1. The quantitative estimate of drug-likeness (QED) is 0.287. The lowest BCUT2D eigenvalue weighted by Gasteiger charge is -2.38. The van der Waals surface area contributed by atoms with Crippen molar-refractivity contribution in [3.63, 3.8) is 0 Å². The van der Waals surface area contributed by atoms with Crippen LogP contribution >= 0.6 is 0 Å². The number of alkyl halides is 5. The van der Waals surface area contributed by atoms with Gasteiger partial charge in [-0.15, -0.1) is 13.2 Å². The van der Waals surface area contributed by atoms with Crippen LogP contribution in [0.25, 0.3) is 0 Å². The number of ether oxygens (including phenoxy) is 1. The number of aromatic nitrogens is 1. The predicted molar refractivity (Wildman–Crippen MR) is 147 cm³/mol. The summed E-state index contributed by atoms with van der Waals surface area (Å²) < 4.78 is 97.7. The molecule has 2 N–H and O–H groups in total. The monoisotopic (exact) mass is 626 g/mol. The van der Waals surface area contributed by atoms with Gasteiger partial charge < -0.3 is 15.4 Å². The Bertz CT molecular complexity index is 1470. The first-order valence-corrected chi connectivity index (χ1v) is 15.0. The average Bonchev–Trinajstić information content (AvgIpc) is 2.99. The molecule has 3 aromatic rings. The van der Waals surface area contributed by atoms with E-state index in [0.717, 1.165) is 34.1 Å². The third-order valence-electron chi connectivity index (χ3n) is 7.15. The van der Waals surface area contributed by atoms with Gasteiger partial charge in [0.2, 0.25) is 15.9 Å². The molecule has 0 spiro atoms. The lowest BCUT2D eigenvalue weighted by Crippen LogP contribution is -2.56. The second-order valence-electron chi connectivity index (χ2n) is 10.1. The first-order valence-electron chi connectivity index (χ1n) is 13.5. The minimum Gasteiger partial charge on any atom is -0.406 e. The number of nitrogens with zero attached hydrogens (tertiary/aromatic N) is 2. The number of carbonyl (C=O) groups is 1. The minimum absolute atomic E-state index is 0.0280. The Morgan fingerprint density at radius 3 is 2.19 bits per heavy atom. The molecule has 2 aromatic carbocycles. The average molecular weight is 627 g/mol. The van der Waals surface area contributed by atoms with E-state index in [1.54, 1.807) is 12.4 Å². The smallest absolute Gasteiger partial charge is 0.406 e. The Labute approximate surface area is 246 Å². The fourth-order valence-electron chi connectivity index (χ4n) is 4.74. The van der Waals surface area contributed by atoms with Crippen LogP contribution in [-0.4, -0.2) is 48.6 Å². The van der Waals surface area contributed by atoms with E-state index in [4.69, 9.17) is 0 Å². The number of piperidine rings is 1. The summed E-state index contributed by atoms with van der Waals surface area (Å²) in [5.74, 6) is -4.16. The zero-order valence-electron chi connectivity index (χ0n) is 23.2. The molecule has 2 atom stereocenters. The molecule has 8 nitrogen and oxygen atoms in total. The Balaban J connectivity index is 1.51. The largest absolute Gasteiger partial charge is 0.573 e. The maximum Gasteiger partial charge on any atom is 0.573 e. The number of carbonyl (C=O) groups excluding carboxylic acids is 1. The van der Waals surface area contributed by atoms with Gasteiger partial charge in [-0.1, -0.05) is 31.2 Å². The van der Waals surface area contributed by atoms with Crippen molar-refractivity contribution in [2.45, 2.75) is 68.5 Å². The summed E-state index contributed by atoms with van der Waals surface area (Å²) in [6, 6.07) is 11.6. The normalized spacial score (nSPS) is 18.3. The molecule has 1 fully saturated rings. The van der Waals surface area contributed by atoms with Gasteiger partial charge >= 0.3 is 6.36 Å². The molecule has 1 aliphatic heterocycles. The van der Waals surface area contributed by atoms with E-state index in [2.05, 4.69) is 20.4 Å². The summed E-state index contributed by atoms with van der Waals surface area (Å²) >= 11 is 0. The zero-order chi connectivity index (χ0) is 31.3. The summed E-state index contributed by atoms with van der Waals surface area (Å²) in [6.45, 7) is 1.78. The van der Waals surface area contributed by atoms with Crippen LogP contribution < -0.4 is 15.4 Å². The lowest BCUT2D eigenvalue weighted by atomic mass is 9.98. The van der Waals surface area contributed by atoms with E-state index in [9.17, 15) is 35.2 Å². The van der Waals surface area contributed by atoms with Gasteiger partial charge in [0, 0.05) is 50.1 Å². The molecule has 0 saturated carbocycles. The Hall–Kier alpha value is -3.62. The molecular formula is C29H31F5N4O4S. The van der Waals surface area contributed by atoms with E-state index in [0.29, 0.717) is 18.5 Å². The van der Waals surface area contributed by atoms with Crippen LogP contribution in [-0.2, 0) is 33.8 Å². The number of hydrogen-bond donors (Lipinski definition) is 2. The molecule has 4 rings (SSSR count).